The second-order valence-corrected chi connectivity index (χ2v) is 3.27. The minimum Gasteiger partial charge on any atom is -0.366 e. The summed E-state index contributed by atoms with van der Waals surface area (Å²) in [5.41, 5.74) is 6.89. The van der Waals surface area contributed by atoms with Gasteiger partial charge >= 0.3 is 0 Å². The summed E-state index contributed by atoms with van der Waals surface area (Å²) in [7, 11) is 0. The van der Waals surface area contributed by atoms with Gasteiger partial charge in [0.1, 0.15) is 0 Å². The summed E-state index contributed by atoms with van der Waals surface area (Å²) in [5, 5.41) is 0. The van der Waals surface area contributed by atoms with Crippen molar-refractivity contribution >= 4 is 23.6 Å². The Labute approximate surface area is 94.0 Å². The highest BCUT2D eigenvalue weighted by Gasteiger charge is 1.92. The lowest BCUT2D eigenvalue weighted by molar-refractivity contribution is -0.113. The predicted molar refractivity (Wildman–Crippen MR) is 63.5 cm³/mol. The van der Waals surface area contributed by atoms with Crippen LogP contribution < -0.4 is 5.73 Å². The van der Waals surface area contributed by atoms with Crippen LogP contribution in [0.4, 0.5) is 0 Å². The standard InChI is InChI=1S/C12H12ClNO/c13-9-11(6-7-12(14)15)8-10-4-2-1-3-5-10/h1-8H,9H2,(H2,14,15). The zero-order valence-electron chi connectivity index (χ0n) is 8.19. The van der Waals surface area contributed by atoms with Crippen LogP contribution in [-0.4, -0.2) is 11.8 Å². The number of hydrogen-bond acceptors (Lipinski definition) is 1. The van der Waals surface area contributed by atoms with E-state index >= 15 is 0 Å². The summed E-state index contributed by atoms with van der Waals surface area (Å²) >= 11 is 5.73. The summed E-state index contributed by atoms with van der Waals surface area (Å²) < 4.78 is 0. The smallest absolute Gasteiger partial charge is 0.241 e. The second kappa shape index (κ2) is 6.04. The van der Waals surface area contributed by atoms with Crippen molar-refractivity contribution in [1.82, 2.24) is 0 Å². The highest BCUT2D eigenvalue weighted by Crippen LogP contribution is 2.09. The first-order valence-electron chi connectivity index (χ1n) is 4.51. The molecule has 0 aliphatic heterocycles. The van der Waals surface area contributed by atoms with E-state index in [1.165, 1.54) is 6.08 Å². The quantitative estimate of drug-likeness (QED) is 0.474. The molecule has 0 heterocycles. The van der Waals surface area contributed by atoms with E-state index in [-0.39, 0.29) is 0 Å². The van der Waals surface area contributed by atoms with Crippen molar-refractivity contribution in [2.75, 3.05) is 5.88 Å². The van der Waals surface area contributed by atoms with Gasteiger partial charge in [-0.1, -0.05) is 42.5 Å². The molecule has 1 aromatic carbocycles. The Bertz CT molecular complexity index is 382. The minimum absolute atomic E-state index is 0.346. The number of amides is 1. The SMILES string of the molecule is NC(=O)C=CC(=Cc1ccccc1)CCl. The molecule has 0 aliphatic rings. The molecule has 0 fully saturated rings. The molecule has 0 aliphatic carbocycles. The summed E-state index contributed by atoms with van der Waals surface area (Å²) in [6.07, 6.45) is 4.84. The van der Waals surface area contributed by atoms with E-state index < -0.39 is 5.91 Å². The highest BCUT2D eigenvalue weighted by atomic mass is 35.5. The molecule has 78 valence electrons. The summed E-state index contributed by atoms with van der Waals surface area (Å²) in [4.78, 5) is 10.5. The number of rotatable bonds is 4. The van der Waals surface area contributed by atoms with Crippen LogP contribution in [0.25, 0.3) is 6.08 Å². The van der Waals surface area contributed by atoms with E-state index in [0.29, 0.717) is 5.88 Å². The van der Waals surface area contributed by atoms with Crippen molar-refractivity contribution in [3.8, 4) is 0 Å². The normalized spacial score (nSPS) is 11.9. The maximum atomic E-state index is 10.5. The fourth-order valence-corrected chi connectivity index (χ4v) is 1.25. The molecule has 0 radical (unpaired) electrons. The Balaban J connectivity index is 2.83. The van der Waals surface area contributed by atoms with Crippen molar-refractivity contribution in [2.24, 2.45) is 5.73 Å². The molecule has 0 aromatic heterocycles. The van der Waals surface area contributed by atoms with Crippen LogP contribution in [0.2, 0.25) is 0 Å². The molecule has 0 saturated heterocycles. The van der Waals surface area contributed by atoms with Gasteiger partial charge < -0.3 is 5.73 Å². The monoisotopic (exact) mass is 221 g/mol. The molecule has 3 heteroatoms. The maximum absolute atomic E-state index is 10.5. The number of benzene rings is 1. The van der Waals surface area contributed by atoms with Crippen molar-refractivity contribution in [2.45, 2.75) is 0 Å². The molecule has 0 atom stereocenters. The van der Waals surface area contributed by atoms with Crippen LogP contribution in [-0.2, 0) is 4.79 Å². The van der Waals surface area contributed by atoms with Gasteiger partial charge in [0.05, 0.1) is 0 Å². The summed E-state index contributed by atoms with van der Waals surface area (Å²) in [5.74, 6) is -0.127. The third kappa shape index (κ3) is 4.47. The van der Waals surface area contributed by atoms with Crippen LogP contribution in [0.3, 0.4) is 0 Å². The van der Waals surface area contributed by atoms with Gasteiger partial charge in [-0.25, -0.2) is 0 Å². The third-order valence-corrected chi connectivity index (χ3v) is 2.08. The summed E-state index contributed by atoms with van der Waals surface area (Å²) in [6, 6.07) is 9.75. The Hall–Kier alpha value is -1.54. The van der Waals surface area contributed by atoms with Crippen molar-refractivity contribution in [3.05, 3.63) is 53.6 Å². The fraction of sp³-hybridized carbons (Fsp3) is 0.0833. The van der Waals surface area contributed by atoms with Gasteiger partial charge in [-0.15, -0.1) is 11.6 Å². The molecular weight excluding hydrogens is 210 g/mol. The molecule has 1 aromatic rings. The molecule has 0 bridgehead atoms. The molecule has 2 nitrogen and oxygen atoms in total. The topological polar surface area (TPSA) is 43.1 Å². The van der Waals surface area contributed by atoms with Crippen LogP contribution in [0.15, 0.2) is 48.1 Å². The van der Waals surface area contributed by atoms with E-state index in [1.54, 1.807) is 6.08 Å². The number of primary amides is 1. The first-order chi connectivity index (χ1) is 7.22. The van der Waals surface area contributed by atoms with Gasteiger partial charge in [-0.2, -0.15) is 0 Å². The molecule has 0 saturated carbocycles. The van der Waals surface area contributed by atoms with Crippen LogP contribution in [0.5, 0.6) is 0 Å². The van der Waals surface area contributed by atoms with Gasteiger partial charge in [-0.3, -0.25) is 4.79 Å². The van der Waals surface area contributed by atoms with E-state index in [9.17, 15) is 4.79 Å². The van der Waals surface area contributed by atoms with Crippen molar-refractivity contribution in [3.63, 3.8) is 0 Å². The molecule has 0 spiro atoms. The Morgan fingerprint density at radius 2 is 1.93 bits per heavy atom. The molecule has 1 amide bonds. The summed E-state index contributed by atoms with van der Waals surface area (Å²) in [6.45, 7) is 0. The number of halogens is 1. The van der Waals surface area contributed by atoms with E-state index in [2.05, 4.69) is 0 Å². The Kier molecular flexibility index (Phi) is 4.64. The van der Waals surface area contributed by atoms with Gasteiger partial charge in [0, 0.05) is 12.0 Å². The van der Waals surface area contributed by atoms with Gasteiger partial charge in [0.25, 0.3) is 0 Å². The molecule has 0 unspecified atom stereocenters. The molecule has 15 heavy (non-hydrogen) atoms. The van der Waals surface area contributed by atoms with E-state index in [1.807, 2.05) is 36.4 Å². The molecule has 2 N–H and O–H groups in total. The number of carbonyl (C=O) groups is 1. The van der Waals surface area contributed by atoms with Crippen molar-refractivity contribution < 1.29 is 4.79 Å². The fourth-order valence-electron chi connectivity index (χ4n) is 1.08. The van der Waals surface area contributed by atoms with Gasteiger partial charge in [-0.05, 0) is 11.1 Å². The molecule has 1 rings (SSSR count). The lowest BCUT2D eigenvalue weighted by Crippen LogP contribution is -2.05. The number of hydrogen-bond donors (Lipinski definition) is 1. The Morgan fingerprint density at radius 3 is 2.47 bits per heavy atom. The largest absolute Gasteiger partial charge is 0.366 e. The number of carbonyl (C=O) groups excluding carboxylic acids is 1. The van der Waals surface area contributed by atoms with Crippen molar-refractivity contribution in [1.29, 1.82) is 0 Å². The number of allylic oxidation sites excluding steroid dienone is 2. The van der Waals surface area contributed by atoms with Gasteiger partial charge in [0.2, 0.25) is 5.91 Å². The number of nitrogens with two attached hydrogens (primary N) is 1. The van der Waals surface area contributed by atoms with Crippen LogP contribution >= 0.6 is 11.6 Å². The maximum Gasteiger partial charge on any atom is 0.241 e. The second-order valence-electron chi connectivity index (χ2n) is 3.00. The number of alkyl halides is 1. The lowest BCUT2D eigenvalue weighted by atomic mass is 10.1. The van der Waals surface area contributed by atoms with Gasteiger partial charge in [0.15, 0.2) is 0 Å². The first-order valence-corrected chi connectivity index (χ1v) is 5.05. The van der Waals surface area contributed by atoms with Crippen LogP contribution in [0, 0.1) is 0 Å². The van der Waals surface area contributed by atoms with E-state index in [0.717, 1.165) is 11.1 Å². The first kappa shape index (κ1) is 11.5. The average Bonchev–Trinajstić information content (AvgIpc) is 2.25. The zero-order chi connectivity index (χ0) is 11.1. The third-order valence-electron chi connectivity index (χ3n) is 1.77. The van der Waals surface area contributed by atoms with E-state index in [4.69, 9.17) is 17.3 Å². The molecular formula is C12H12ClNO. The lowest BCUT2D eigenvalue weighted by Gasteiger charge is -1.96. The predicted octanol–water partition coefficient (Wildman–Crippen LogP) is 2.35. The zero-order valence-corrected chi connectivity index (χ0v) is 8.95. The highest BCUT2D eigenvalue weighted by molar-refractivity contribution is 6.20. The van der Waals surface area contributed by atoms with Crippen LogP contribution in [0.1, 0.15) is 5.56 Å². The Morgan fingerprint density at radius 1 is 1.27 bits per heavy atom. The minimum atomic E-state index is -0.473. The average molecular weight is 222 g/mol.